The Bertz CT molecular complexity index is 905. The van der Waals surface area contributed by atoms with Gasteiger partial charge in [-0.25, -0.2) is 17.2 Å². The summed E-state index contributed by atoms with van der Waals surface area (Å²) in [6.45, 7) is 0.956. The first-order valence-corrected chi connectivity index (χ1v) is 8.64. The monoisotopic (exact) mass is 379 g/mol. The molecule has 2 aromatic rings. The fourth-order valence-corrected chi connectivity index (χ4v) is 4.55. The van der Waals surface area contributed by atoms with Gasteiger partial charge >= 0.3 is 0 Å². The lowest BCUT2D eigenvalue weighted by molar-refractivity contribution is 0.0194. The predicted octanol–water partition coefficient (Wildman–Crippen LogP) is 1.59. The summed E-state index contributed by atoms with van der Waals surface area (Å²) >= 11 is 5.74. The molecule has 3 rings (SSSR count). The van der Waals surface area contributed by atoms with E-state index in [1.54, 1.807) is 6.92 Å². The first-order chi connectivity index (χ1) is 11.1. The van der Waals surface area contributed by atoms with Crippen molar-refractivity contribution in [3.05, 3.63) is 40.5 Å². The Morgan fingerprint density at radius 1 is 1.42 bits per heavy atom. The fourth-order valence-electron chi connectivity index (χ4n) is 2.50. The lowest BCUT2D eigenvalue weighted by Crippen LogP contribution is -2.35. The van der Waals surface area contributed by atoms with E-state index >= 15 is 0 Å². The zero-order valence-corrected chi connectivity index (χ0v) is 13.9. The van der Waals surface area contributed by atoms with Crippen LogP contribution in [0.2, 0.25) is 5.02 Å². The van der Waals surface area contributed by atoms with Crippen LogP contribution < -0.4 is 0 Å². The van der Waals surface area contributed by atoms with Crippen molar-refractivity contribution in [1.82, 2.24) is 14.4 Å². The van der Waals surface area contributed by atoms with Gasteiger partial charge in [0.05, 0.1) is 11.6 Å². The Morgan fingerprint density at radius 2 is 2.12 bits per heavy atom. The van der Waals surface area contributed by atoms with Crippen LogP contribution in [0.1, 0.15) is 18.1 Å². The van der Waals surface area contributed by atoms with Crippen LogP contribution in [-0.4, -0.2) is 41.1 Å². The third-order valence-electron chi connectivity index (χ3n) is 3.74. The molecule has 1 atom stereocenters. The van der Waals surface area contributed by atoms with E-state index < -0.39 is 43.7 Å². The van der Waals surface area contributed by atoms with Crippen molar-refractivity contribution in [3.63, 3.8) is 0 Å². The van der Waals surface area contributed by atoms with Crippen molar-refractivity contribution in [1.29, 1.82) is 0 Å². The molecule has 130 valence electrons. The van der Waals surface area contributed by atoms with E-state index in [1.807, 2.05) is 0 Å². The van der Waals surface area contributed by atoms with E-state index in [2.05, 4.69) is 10.1 Å². The van der Waals surface area contributed by atoms with Gasteiger partial charge in [-0.2, -0.15) is 9.29 Å². The molecule has 0 amide bonds. The summed E-state index contributed by atoms with van der Waals surface area (Å²) in [6, 6.07) is 1.69. The topological polar surface area (TPSA) is 96.5 Å². The minimum atomic E-state index is -4.46. The lowest BCUT2D eigenvalue weighted by Gasteiger charge is -2.20. The summed E-state index contributed by atoms with van der Waals surface area (Å²) in [4.78, 5) is 2.93. The number of aliphatic hydroxyl groups is 1. The Balaban J connectivity index is 1.97. The maximum Gasteiger partial charge on any atom is 0.260 e. The quantitative estimate of drug-likeness (QED) is 0.813. The molecular weight excluding hydrogens is 368 g/mol. The first-order valence-electron chi connectivity index (χ1n) is 6.82. The standard InChI is InChI=1S/C13H12ClF2N3O4S/c1-7-17-12(23-18-7)13(20)4-5-19(6-13)24(21,22)11-8(14)2-3-9(15)10(11)16/h2-3,20H,4-6H2,1H3. The Labute approximate surface area is 140 Å². The molecule has 7 nitrogen and oxygen atoms in total. The molecule has 1 aromatic heterocycles. The number of halogens is 3. The summed E-state index contributed by atoms with van der Waals surface area (Å²) in [6.07, 6.45) is -0.0393. The van der Waals surface area contributed by atoms with Gasteiger partial charge in [-0.3, -0.25) is 0 Å². The minimum absolute atomic E-state index is 0.0393. The fraction of sp³-hybridized carbons (Fsp3) is 0.385. The molecule has 2 heterocycles. The average molecular weight is 380 g/mol. The second-order valence-electron chi connectivity index (χ2n) is 5.44. The van der Waals surface area contributed by atoms with Crippen LogP contribution in [0.4, 0.5) is 8.78 Å². The molecule has 0 radical (unpaired) electrons. The molecule has 0 saturated carbocycles. The van der Waals surface area contributed by atoms with Crippen LogP contribution in [0.15, 0.2) is 21.6 Å². The van der Waals surface area contributed by atoms with E-state index in [9.17, 15) is 22.3 Å². The number of rotatable bonds is 3. The van der Waals surface area contributed by atoms with Crippen LogP contribution in [-0.2, 0) is 15.6 Å². The average Bonchev–Trinajstić information content (AvgIpc) is 3.11. The van der Waals surface area contributed by atoms with Crippen molar-refractivity contribution in [2.75, 3.05) is 13.1 Å². The molecule has 1 aromatic carbocycles. The van der Waals surface area contributed by atoms with Crippen molar-refractivity contribution in [3.8, 4) is 0 Å². The minimum Gasteiger partial charge on any atom is -0.379 e. The molecule has 1 aliphatic rings. The van der Waals surface area contributed by atoms with Gasteiger partial charge in [0.25, 0.3) is 5.89 Å². The summed E-state index contributed by atoms with van der Waals surface area (Å²) in [5, 5.41) is 13.6. The third-order valence-corrected chi connectivity index (χ3v) is 6.07. The van der Waals surface area contributed by atoms with Crippen molar-refractivity contribution in [2.45, 2.75) is 23.8 Å². The van der Waals surface area contributed by atoms with E-state index in [1.165, 1.54) is 0 Å². The Hall–Kier alpha value is -1.62. The normalized spacial score (nSPS) is 22.2. The summed E-state index contributed by atoms with van der Waals surface area (Å²) in [7, 11) is -4.46. The van der Waals surface area contributed by atoms with Crippen molar-refractivity contribution < 1.29 is 26.8 Å². The third kappa shape index (κ3) is 2.69. The highest BCUT2D eigenvalue weighted by Crippen LogP contribution is 2.36. The van der Waals surface area contributed by atoms with Crippen LogP contribution in [0.25, 0.3) is 0 Å². The van der Waals surface area contributed by atoms with Gasteiger partial charge in [-0.05, 0) is 19.1 Å². The zero-order valence-electron chi connectivity index (χ0n) is 12.3. The maximum atomic E-state index is 14.0. The number of nitrogens with zero attached hydrogens (tertiary/aromatic N) is 3. The molecule has 1 N–H and O–H groups in total. The predicted molar refractivity (Wildman–Crippen MR) is 77.7 cm³/mol. The summed E-state index contributed by atoms with van der Waals surface area (Å²) in [5.41, 5.74) is -1.70. The van der Waals surface area contributed by atoms with E-state index in [-0.39, 0.29) is 24.7 Å². The van der Waals surface area contributed by atoms with Crippen LogP contribution in [0.3, 0.4) is 0 Å². The van der Waals surface area contributed by atoms with E-state index in [0.29, 0.717) is 0 Å². The largest absolute Gasteiger partial charge is 0.379 e. The van der Waals surface area contributed by atoms with Crippen LogP contribution in [0.5, 0.6) is 0 Å². The van der Waals surface area contributed by atoms with Gasteiger partial charge in [-0.15, -0.1) is 0 Å². The van der Waals surface area contributed by atoms with Gasteiger partial charge in [0.2, 0.25) is 10.0 Å². The van der Waals surface area contributed by atoms with Gasteiger partial charge < -0.3 is 9.63 Å². The summed E-state index contributed by atoms with van der Waals surface area (Å²) in [5.74, 6) is -2.76. The number of sulfonamides is 1. The second kappa shape index (κ2) is 5.73. The zero-order chi connectivity index (χ0) is 17.7. The number of benzene rings is 1. The van der Waals surface area contributed by atoms with Crippen molar-refractivity contribution in [2.24, 2.45) is 0 Å². The van der Waals surface area contributed by atoms with Gasteiger partial charge in [0.15, 0.2) is 23.1 Å². The van der Waals surface area contributed by atoms with Gasteiger partial charge in [0, 0.05) is 13.0 Å². The first kappa shape index (κ1) is 17.2. The highest BCUT2D eigenvalue weighted by Gasteiger charge is 2.47. The van der Waals surface area contributed by atoms with E-state index in [4.69, 9.17) is 16.1 Å². The number of β-amino-alcohol motifs (C(OH)–C–C–N with tert-alkyl or cyclic N) is 1. The van der Waals surface area contributed by atoms with Gasteiger partial charge in [-0.1, -0.05) is 16.8 Å². The van der Waals surface area contributed by atoms with Crippen LogP contribution in [0, 0.1) is 18.6 Å². The second-order valence-corrected chi connectivity index (χ2v) is 7.72. The number of aryl methyl sites for hydroxylation is 1. The number of aromatic nitrogens is 2. The molecule has 0 aliphatic carbocycles. The Kier molecular flexibility index (Phi) is 4.11. The van der Waals surface area contributed by atoms with Crippen molar-refractivity contribution >= 4 is 21.6 Å². The Morgan fingerprint density at radius 3 is 2.75 bits per heavy atom. The summed E-state index contributed by atoms with van der Waals surface area (Å²) < 4.78 is 58.3. The number of hydrogen-bond acceptors (Lipinski definition) is 6. The van der Waals surface area contributed by atoms with E-state index in [0.717, 1.165) is 16.4 Å². The highest BCUT2D eigenvalue weighted by molar-refractivity contribution is 7.89. The molecular formula is C13H12ClF2N3O4S. The molecule has 1 saturated heterocycles. The van der Waals surface area contributed by atoms with Gasteiger partial charge in [0.1, 0.15) is 4.90 Å². The highest BCUT2D eigenvalue weighted by atomic mass is 35.5. The molecule has 1 fully saturated rings. The molecule has 24 heavy (non-hydrogen) atoms. The smallest absolute Gasteiger partial charge is 0.260 e. The molecule has 0 spiro atoms. The maximum absolute atomic E-state index is 14.0. The molecule has 11 heteroatoms. The molecule has 1 unspecified atom stereocenters. The van der Waals surface area contributed by atoms with Crippen LogP contribution >= 0.6 is 11.6 Å². The SMILES string of the molecule is Cc1noc(C2(O)CCN(S(=O)(=O)c3c(Cl)ccc(F)c3F)C2)n1. The molecule has 1 aliphatic heterocycles. The molecule has 0 bridgehead atoms. The number of hydrogen-bond donors (Lipinski definition) is 1. The lowest BCUT2D eigenvalue weighted by atomic mass is 10.0.